The molecule has 0 aliphatic carbocycles. The Labute approximate surface area is 58.4 Å². The van der Waals surface area contributed by atoms with E-state index in [9.17, 15) is 0 Å². The number of rotatable bonds is 0. The molecule has 1 nitrogen and oxygen atoms in total. The van der Waals surface area contributed by atoms with Crippen molar-refractivity contribution in [1.82, 2.24) is 5.32 Å². The molecule has 7 heavy (non-hydrogen) atoms. The Hall–Kier alpha value is 0.730. The van der Waals surface area contributed by atoms with Crippen LogP contribution in [0.3, 0.4) is 0 Å². The summed E-state index contributed by atoms with van der Waals surface area (Å²) in [6.07, 6.45) is 1.29. The lowest BCUT2D eigenvalue weighted by Crippen LogP contribution is -2.07. The monoisotopic (exact) mass is 185 g/mol. The van der Waals surface area contributed by atoms with Gasteiger partial charge in [-0.2, -0.15) is 0 Å². The van der Waals surface area contributed by atoms with Crippen LogP contribution >= 0.6 is 28.3 Å². The third kappa shape index (κ3) is 2.52. The molecule has 1 N–H and O–H groups in total. The van der Waals surface area contributed by atoms with E-state index in [1.807, 2.05) is 0 Å². The number of hydrogen-bond acceptors (Lipinski definition) is 1. The molecular weight excluding hydrogens is 177 g/mol. The van der Waals surface area contributed by atoms with Gasteiger partial charge in [-0.25, -0.2) is 0 Å². The average molecular weight is 186 g/mol. The summed E-state index contributed by atoms with van der Waals surface area (Å²) in [6.45, 7) is 2.34. The largest absolute Gasteiger partial charge is 0.316 e. The van der Waals surface area contributed by atoms with E-state index >= 15 is 0 Å². The van der Waals surface area contributed by atoms with E-state index in [1.165, 1.54) is 13.0 Å². The van der Waals surface area contributed by atoms with Gasteiger partial charge in [0.2, 0.25) is 0 Å². The summed E-state index contributed by atoms with van der Waals surface area (Å²) in [5.41, 5.74) is 0. The highest BCUT2D eigenvalue weighted by Gasteiger charge is 2.07. The fraction of sp³-hybridized carbons (Fsp3) is 1.00. The Balaban J connectivity index is 0.000000360. The number of hydrogen-bond donors (Lipinski definition) is 1. The van der Waals surface area contributed by atoms with Gasteiger partial charge in [-0.15, -0.1) is 12.4 Å². The minimum absolute atomic E-state index is 0. The van der Waals surface area contributed by atoms with Crippen molar-refractivity contribution in [1.29, 1.82) is 0 Å². The SMILES string of the molecule is Br[C@@H]1CCNC1.Cl. The second-order valence-electron chi connectivity index (χ2n) is 1.59. The average Bonchev–Trinajstić information content (AvgIpc) is 1.86. The molecule has 44 valence electrons. The van der Waals surface area contributed by atoms with Crippen molar-refractivity contribution in [3.8, 4) is 0 Å². The van der Waals surface area contributed by atoms with Crippen LogP contribution in [0, 0.1) is 0 Å². The zero-order chi connectivity index (χ0) is 4.41. The summed E-state index contributed by atoms with van der Waals surface area (Å²) in [7, 11) is 0. The molecule has 0 aromatic rings. The maximum atomic E-state index is 3.48. The minimum Gasteiger partial charge on any atom is -0.316 e. The number of halogens is 2. The first-order chi connectivity index (χ1) is 2.89. The van der Waals surface area contributed by atoms with Crippen molar-refractivity contribution >= 4 is 28.3 Å². The molecule has 0 radical (unpaired) electrons. The first kappa shape index (κ1) is 7.73. The molecule has 0 unspecified atom stereocenters. The van der Waals surface area contributed by atoms with Gasteiger partial charge < -0.3 is 5.32 Å². The first-order valence-electron chi connectivity index (χ1n) is 2.24. The fourth-order valence-corrected chi connectivity index (χ4v) is 1.08. The highest BCUT2D eigenvalue weighted by Crippen LogP contribution is 2.06. The fourth-order valence-electron chi connectivity index (χ4n) is 0.619. The van der Waals surface area contributed by atoms with Gasteiger partial charge in [-0.05, 0) is 13.0 Å². The van der Waals surface area contributed by atoms with Gasteiger partial charge in [0.25, 0.3) is 0 Å². The van der Waals surface area contributed by atoms with Crippen LogP contribution in [0.5, 0.6) is 0 Å². The number of nitrogens with one attached hydrogen (secondary N) is 1. The van der Waals surface area contributed by atoms with Crippen LogP contribution in [0.4, 0.5) is 0 Å². The minimum atomic E-state index is 0. The summed E-state index contributed by atoms with van der Waals surface area (Å²) in [5.74, 6) is 0. The van der Waals surface area contributed by atoms with Crippen molar-refractivity contribution in [3.63, 3.8) is 0 Å². The zero-order valence-electron chi connectivity index (χ0n) is 3.98. The lowest BCUT2D eigenvalue weighted by atomic mass is 10.4. The molecule has 1 aliphatic heterocycles. The molecule has 0 saturated carbocycles. The van der Waals surface area contributed by atoms with Crippen molar-refractivity contribution in [2.75, 3.05) is 13.1 Å². The molecule has 0 bridgehead atoms. The van der Waals surface area contributed by atoms with Crippen LogP contribution in [0.25, 0.3) is 0 Å². The maximum Gasteiger partial charge on any atom is 0.0282 e. The second-order valence-corrected chi connectivity index (χ2v) is 2.89. The summed E-state index contributed by atoms with van der Waals surface area (Å²) in [6, 6.07) is 0. The lowest BCUT2D eigenvalue weighted by molar-refractivity contribution is 0.859. The van der Waals surface area contributed by atoms with Gasteiger partial charge in [-0.1, -0.05) is 15.9 Å². The quantitative estimate of drug-likeness (QED) is 0.560. The van der Waals surface area contributed by atoms with Crippen molar-refractivity contribution in [3.05, 3.63) is 0 Å². The highest BCUT2D eigenvalue weighted by molar-refractivity contribution is 9.09. The van der Waals surface area contributed by atoms with Crippen LogP contribution < -0.4 is 5.32 Å². The van der Waals surface area contributed by atoms with Gasteiger partial charge in [0, 0.05) is 11.4 Å². The van der Waals surface area contributed by atoms with E-state index in [0.29, 0.717) is 0 Å². The molecule has 0 aromatic carbocycles. The van der Waals surface area contributed by atoms with Gasteiger partial charge in [0.1, 0.15) is 0 Å². The third-order valence-electron chi connectivity index (χ3n) is 1.00. The lowest BCUT2D eigenvalue weighted by Gasteiger charge is -1.88. The Bertz CT molecular complexity index is 45.0. The molecule has 1 aliphatic rings. The highest BCUT2D eigenvalue weighted by atomic mass is 79.9. The van der Waals surface area contributed by atoms with Gasteiger partial charge in [0.05, 0.1) is 0 Å². The van der Waals surface area contributed by atoms with Gasteiger partial charge >= 0.3 is 0 Å². The molecule has 0 spiro atoms. The topological polar surface area (TPSA) is 12.0 Å². The van der Waals surface area contributed by atoms with E-state index in [0.717, 1.165) is 11.4 Å². The van der Waals surface area contributed by atoms with Crippen LogP contribution in [0.15, 0.2) is 0 Å². The van der Waals surface area contributed by atoms with Crippen LogP contribution in [-0.2, 0) is 0 Å². The van der Waals surface area contributed by atoms with E-state index in [4.69, 9.17) is 0 Å². The molecule has 1 heterocycles. The smallest absolute Gasteiger partial charge is 0.0282 e. The molecule has 1 fully saturated rings. The zero-order valence-corrected chi connectivity index (χ0v) is 6.39. The van der Waals surface area contributed by atoms with Gasteiger partial charge in [-0.3, -0.25) is 0 Å². The predicted molar refractivity (Wildman–Crippen MR) is 37.4 cm³/mol. The van der Waals surface area contributed by atoms with E-state index in [2.05, 4.69) is 21.2 Å². The first-order valence-corrected chi connectivity index (χ1v) is 3.16. The van der Waals surface area contributed by atoms with Crippen LogP contribution in [0.1, 0.15) is 6.42 Å². The Morgan fingerprint density at radius 2 is 2.29 bits per heavy atom. The predicted octanol–water partition coefficient (Wildman–Crippen LogP) is 1.17. The van der Waals surface area contributed by atoms with Crippen molar-refractivity contribution in [2.24, 2.45) is 0 Å². The Kier molecular flexibility index (Phi) is 4.08. The summed E-state index contributed by atoms with van der Waals surface area (Å²) >= 11 is 3.48. The molecular formula is C4H9BrClN. The van der Waals surface area contributed by atoms with E-state index < -0.39 is 0 Å². The summed E-state index contributed by atoms with van der Waals surface area (Å²) in [4.78, 5) is 0.748. The Morgan fingerprint density at radius 3 is 2.43 bits per heavy atom. The molecule has 1 rings (SSSR count). The normalized spacial score (nSPS) is 29.6. The van der Waals surface area contributed by atoms with Crippen molar-refractivity contribution < 1.29 is 0 Å². The summed E-state index contributed by atoms with van der Waals surface area (Å²) in [5, 5.41) is 3.23. The standard InChI is InChI=1S/C4H8BrN.ClH/c5-4-1-2-6-3-4;/h4,6H,1-3H2;1H/t4-;/m1./s1. The van der Waals surface area contributed by atoms with Crippen LogP contribution in [-0.4, -0.2) is 17.9 Å². The third-order valence-corrected chi connectivity index (χ3v) is 1.78. The maximum absolute atomic E-state index is 3.48. The summed E-state index contributed by atoms with van der Waals surface area (Å²) < 4.78 is 0. The molecule has 3 heteroatoms. The van der Waals surface area contributed by atoms with Crippen molar-refractivity contribution in [2.45, 2.75) is 11.2 Å². The van der Waals surface area contributed by atoms with E-state index in [1.54, 1.807) is 0 Å². The Morgan fingerprint density at radius 1 is 1.57 bits per heavy atom. The van der Waals surface area contributed by atoms with Crippen LogP contribution in [0.2, 0.25) is 0 Å². The molecule has 0 amide bonds. The van der Waals surface area contributed by atoms with E-state index in [-0.39, 0.29) is 12.4 Å². The molecule has 0 aromatic heterocycles. The van der Waals surface area contributed by atoms with Gasteiger partial charge in [0.15, 0.2) is 0 Å². The molecule has 1 atom stereocenters. The second kappa shape index (κ2) is 3.70. The number of alkyl halides is 1. The molecule has 1 saturated heterocycles.